The molecule has 0 unspecified atom stereocenters. The van der Waals surface area contributed by atoms with Gasteiger partial charge in [0.25, 0.3) is 0 Å². The molecule has 32 heavy (non-hydrogen) atoms. The third-order valence-electron chi connectivity index (χ3n) is 5.43. The minimum atomic E-state index is -0.491. The van der Waals surface area contributed by atoms with Crippen molar-refractivity contribution in [2.75, 3.05) is 20.3 Å². The predicted molar refractivity (Wildman–Crippen MR) is 125 cm³/mol. The highest BCUT2D eigenvalue weighted by Gasteiger charge is 2.40. The van der Waals surface area contributed by atoms with E-state index in [9.17, 15) is 9.59 Å². The molecular weight excluding hydrogens is 426 g/mol. The molecule has 2 amide bonds. The first-order valence-electron chi connectivity index (χ1n) is 10.8. The van der Waals surface area contributed by atoms with Crippen LogP contribution in [0.3, 0.4) is 0 Å². The quantitative estimate of drug-likeness (QED) is 0.662. The van der Waals surface area contributed by atoms with Crippen molar-refractivity contribution in [3.8, 4) is 5.75 Å². The Kier molecular flexibility index (Phi) is 7.44. The second kappa shape index (κ2) is 10.7. The number of aliphatic imine (C=N–C) groups is 1. The van der Waals surface area contributed by atoms with Crippen molar-refractivity contribution in [1.82, 2.24) is 10.2 Å². The van der Waals surface area contributed by atoms with Crippen molar-refractivity contribution in [3.63, 3.8) is 0 Å². The first-order chi connectivity index (χ1) is 15.6. The predicted octanol–water partition coefficient (Wildman–Crippen LogP) is 3.51. The van der Waals surface area contributed by atoms with Crippen LogP contribution in [0.4, 0.5) is 5.69 Å². The number of carbonyl (C=O) groups excluding carboxylic acids is 2. The Morgan fingerprint density at radius 1 is 1.22 bits per heavy atom. The standard InChI is InChI=1S/C24H27N3O4S/c1-30-19-11-9-17(10-12-19)15-25-22(28)14-21-23(29)27(16-20-8-5-13-31-20)24(32-21)26-18-6-3-2-4-7-18/h2-4,6-7,9-12,20-21H,5,8,13-16H2,1H3,(H,25,28)/t20-,21-/m0/s1. The molecule has 2 aromatic carbocycles. The van der Waals surface area contributed by atoms with Crippen LogP contribution in [-0.4, -0.2) is 53.5 Å². The summed E-state index contributed by atoms with van der Waals surface area (Å²) in [4.78, 5) is 32.1. The SMILES string of the molecule is COc1ccc(CNC(=O)C[C@@H]2SC(=Nc3ccccc3)N(C[C@@H]3CCCO3)C2=O)cc1. The third-order valence-corrected chi connectivity index (χ3v) is 6.61. The van der Waals surface area contributed by atoms with Gasteiger partial charge in [0.05, 0.1) is 25.4 Å². The van der Waals surface area contributed by atoms with Gasteiger partial charge in [0, 0.05) is 19.6 Å². The van der Waals surface area contributed by atoms with Crippen molar-refractivity contribution in [3.05, 3.63) is 60.2 Å². The molecule has 0 aliphatic carbocycles. The maximum Gasteiger partial charge on any atom is 0.242 e. The minimum absolute atomic E-state index is 0.0168. The minimum Gasteiger partial charge on any atom is -0.497 e. The van der Waals surface area contributed by atoms with Gasteiger partial charge in [-0.2, -0.15) is 0 Å². The number of hydrogen-bond donors (Lipinski definition) is 1. The van der Waals surface area contributed by atoms with Crippen LogP contribution in [0.15, 0.2) is 59.6 Å². The number of thioether (sulfide) groups is 1. The van der Waals surface area contributed by atoms with Gasteiger partial charge in [-0.15, -0.1) is 0 Å². The number of benzene rings is 2. The van der Waals surface area contributed by atoms with Gasteiger partial charge in [0.15, 0.2) is 5.17 Å². The lowest BCUT2D eigenvalue weighted by Crippen LogP contribution is -2.39. The smallest absolute Gasteiger partial charge is 0.242 e. The maximum atomic E-state index is 13.1. The fourth-order valence-corrected chi connectivity index (χ4v) is 4.85. The molecule has 0 spiro atoms. The number of rotatable bonds is 8. The summed E-state index contributed by atoms with van der Waals surface area (Å²) in [5, 5.41) is 3.05. The van der Waals surface area contributed by atoms with Crippen molar-refractivity contribution in [1.29, 1.82) is 0 Å². The number of amides is 2. The number of hydrogen-bond acceptors (Lipinski definition) is 6. The van der Waals surface area contributed by atoms with Crippen LogP contribution in [0.1, 0.15) is 24.8 Å². The van der Waals surface area contributed by atoms with E-state index in [1.807, 2.05) is 54.6 Å². The van der Waals surface area contributed by atoms with Gasteiger partial charge in [-0.25, -0.2) is 4.99 Å². The van der Waals surface area contributed by atoms with E-state index >= 15 is 0 Å². The molecular formula is C24H27N3O4S. The number of nitrogens with one attached hydrogen (secondary N) is 1. The monoisotopic (exact) mass is 453 g/mol. The van der Waals surface area contributed by atoms with Crippen LogP contribution in [-0.2, 0) is 20.9 Å². The van der Waals surface area contributed by atoms with E-state index in [4.69, 9.17) is 9.47 Å². The molecule has 7 nitrogen and oxygen atoms in total. The number of methoxy groups -OCH3 is 1. The molecule has 0 aromatic heterocycles. The van der Waals surface area contributed by atoms with Crippen molar-refractivity contribution >= 4 is 34.4 Å². The molecule has 0 saturated carbocycles. The molecule has 2 aliphatic rings. The number of amidine groups is 1. The summed E-state index contributed by atoms with van der Waals surface area (Å²) in [7, 11) is 1.62. The van der Waals surface area contributed by atoms with Gasteiger partial charge in [0.1, 0.15) is 11.0 Å². The largest absolute Gasteiger partial charge is 0.497 e. The lowest BCUT2D eigenvalue weighted by molar-refractivity contribution is -0.130. The Morgan fingerprint density at radius 2 is 2.00 bits per heavy atom. The second-order valence-corrected chi connectivity index (χ2v) is 8.92. The molecule has 2 aliphatic heterocycles. The van der Waals surface area contributed by atoms with Crippen molar-refractivity contribution in [2.24, 2.45) is 4.99 Å². The van der Waals surface area contributed by atoms with Crippen LogP contribution in [0.2, 0.25) is 0 Å². The van der Waals surface area contributed by atoms with Gasteiger partial charge in [-0.3, -0.25) is 14.5 Å². The van der Waals surface area contributed by atoms with E-state index in [1.165, 1.54) is 11.8 Å². The van der Waals surface area contributed by atoms with E-state index in [-0.39, 0.29) is 24.3 Å². The van der Waals surface area contributed by atoms with Crippen LogP contribution in [0.25, 0.3) is 0 Å². The first-order valence-corrected chi connectivity index (χ1v) is 11.6. The van der Waals surface area contributed by atoms with Crippen molar-refractivity contribution < 1.29 is 19.1 Å². The van der Waals surface area contributed by atoms with Crippen LogP contribution < -0.4 is 10.1 Å². The van der Waals surface area contributed by atoms with E-state index in [2.05, 4.69) is 10.3 Å². The molecule has 2 atom stereocenters. The van der Waals surface area contributed by atoms with Crippen LogP contribution in [0, 0.1) is 0 Å². The number of nitrogens with zero attached hydrogens (tertiary/aromatic N) is 2. The molecule has 1 N–H and O–H groups in total. The Labute approximate surface area is 192 Å². The average Bonchev–Trinajstić information content (AvgIpc) is 3.43. The normalized spacial score (nSPS) is 21.8. The molecule has 2 fully saturated rings. The fourth-order valence-electron chi connectivity index (χ4n) is 3.68. The van der Waals surface area contributed by atoms with Crippen LogP contribution in [0.5, 0.6) is 5.75 Å². The number of para-hydroxylation sites is 1. The van der Waals surface area contributed by atoms with E-state index in [0.717, 1.165) is 36.4 Å². The third kappa shape index (κ3) is 5.69. The average molecular weight is 454 g/mol. The van der Waals surface area contributed by atoms with Gasteiger partial charge >= 0.3 is 0 Å². The zero-order valence-corrected chi connectivity index (χ0v) is 18.8. The van der Waals surface area contributed by atoms with E-state index < -0.39 is 5.25 Å². The molecule has 8 heteroatoms. The fraction of sp³-hybridized carbons (Fsp3) is 0.375. The van der Waals surface area contributed by atoms with Crippen molar-refractivity contribution in [2.45, 2.75) is 37.2 Å². The maximum absolute atomic E-state index is 13.1. The van der Waals surface area contributed by atoms with Gasteiger partial charge < -0.3 is 14.8 Å². The Balaban J connectivity index is 1.40. The molecule has 2 aromatic rings. The van der Waals surface area contributed by atoms with Gasteiger partial charge in [0.2, 0.25) is 11.8 Å². The zero-order valence-electron chi connectivity index (χ0n) is 18.0. The molecule has 0 bridgehead atoms. The Bertz CT molecular complexity index is 959. The summed E-state index contributed by atoms with van der Waals surface area (Å²) in [6.45, 7) is 1.60. The van der Waals surface area contributed by atoms with Crippen LogP contribution >= 0.6 is 11.8 Å². The lowest BCUT2D eigenvalue weighted by atomic mass is 10.2. The molecule has 4 rings (SSSR count). The summed E-state index contributed by atoms with van der Waals surface area (Å²) in [6.07, 6.45) is 2.06. The lowest BCUT2D eigenvalue weighted by Gasteiger charge is -2.20. The zero-order chi connectivity index (χ0) is 22.3. The highest BCUT2D eigenvalue weighted by Crippen LogP contribution is 2.32. The first kappa shape index (κ1) is 22.4. The Morgan fingerprint density at radius 3 is 2.69 bits per heavy atom. The number of ether oxygens (including phenoxy) is 2. The molecule has 0 radical (unpaired) electrons. The second-order valence-electron chi connectivity index (χ2n) is 7.75. The number of carbonyl (C=O) groups is 2. The summed E-state index contributed by atoms with van der Waals surface area (Å²) in [5.41, 5.74) is 1.75. The van der Waals surface area contributed by atoms with Gasteiger partial charge in [-0.1, -0.05) is 42.1 Å². The molecule has 168 valence electrons. The van der Waals surface area contributed by atoms with Gasteiger partial charge in [-0.05, 0) is 42.7 Å². The summed E-state index contributed by atoms with van der Waals surface area (Å²) >= 11 is 1.35. The highest BCUT2D eigenvalue weighted by atomic mass is 32.2. The molecule has 2 saturated heterocycles. The topological polar surface area (TPSA) is 80.2 Å². The molecule has 2 heterocycles. The summed E-state index contributed by atoms with van der Waals surface area (Å²) in [6, 6.07) is 17.1. The van der Waals surface area contributed by atoms with E-state index in [1.54, 1.807) is 12.0 Å². The Hall–Kier alpha value is -2.84. The summed E-state index contributed by atoms with van der Waals surface area (Å²) in [5.74, 6) is 0.522. The summed E-state index contributed by atoms with van der Waals surface area (Å²) < 4.78 is 10.9. The van der Waals surface area contributed by atoms with E-state index in [0.29, 0.717) is 18.3 Å². The highest BCUT2D eigenvalue weighted by molar-refractivity contribution is 8.15.